The van der Waals surface area contributed by atoms with Gasteiger partial charge in [0.05, 0.1) is 11.3 Å². The van der Waals surface area contributed by atoms with Crippen molar-refractivity contribution in [3.63, 3.8) is 0 Å². The molecule has 1 aliphatic rings. The Kier molecular flexibility index (Phi) is 4.71. The Balaban J connectivity index is 1.55. The number of piperazine rings is 1. The number of benzene rings is 1. The molecule has 24 heavy (non-hydrogen) atoms. The van der Waals surface area contributed by atoms with Gasteiger partial charge in [-0.05, 0) is 30.3 Å². The summed E-state index contributed by atoms with van der Waals surface area (Å²) in [6, 6.07) is 6.94. The fourth-order valence-corrected chi connectivity index (χ4v) is 2.63. The smallest absolute Gasteiger partial charge is 0.321 e. The van der Waals surface area contributed by atoms with E-state index < -0.39 is 5.82 Å². The lowest BCUT2D eigenvalue weighted by Gasteiger charge is -2.34. The van der Waals surface area contributed by atoms with E-state index in [1.165, 1.54) is 24.5 Å². The highest BCUT2D eigenvalue weighted by Gasteiger charge is 2.26. The normalized spacial score (nSPS) is 14.6. The van der Waals surface area contributed by atoms with Gasteiger partial charge >= 0.3 is 6.03 Å². The number of nitrogens with one attached hydrogen (secondary N) is 1. The summed E-state index contributed by atoms with van der Waals surface area (Å²) in [5.41, 5.74) is 0.417. The fourth-order valence-electron chi connectivity index (χ4n) is 2.45. The van der Waals surface area contributed by atoms with Gasteiger partial charge in [0.25, 0.3) is 5.91 Å². The average Bonchev–Trinajstić information content (AvgIpc) is 3.12. The van der Waals surface area contributed by atoms with Gasteiger partial charge in [-0.3, -0.25) is 4.79 Å². The number of hydrogen-bond acceptors (Lipinski definition) is 3. The van der Waals surface area contributed by atoms with Gasteiger partial charge in [-0.2, -0.15) is 0 Å². The van der Waals surface area contributed by atoms with Gasteiger partial charge in [0.1, 0.15) is 5.82 Å². The topological polar surface area (TPSA) is 65.8 Å². The van der Waals surface area contributed by atoms with E-state index in [1.54, 1.807) is 21.9 Å². The second-order valence-corrected chi connectivity index (χ2v) is 5.72. The summed E-state index contributed by atoms with van der Waals surface area (Å²) in [5.74, 6) is -0.445. The molecule has 8 heteroatoms. The number of furan rings is 1. The molecule has 0 radical (unpaired) electrons. The molecule has 1 N–H and O–H groups in total. The van der Waals surface area contributed by atoms with Gasteiger partial charge in [-0.25, -0.2) is 9.18 Å². The van der Waals surface area contributed by atoms with Crippen molar-refractivity contribution < 1.29 is 18.4 Å². The minimum Gasteiger partial charge on any atom is -0.459 e. The number of halogens is 2. The van der Waals surface area contributed by atoms with Crippen LogP contribution in [0.1, 0.15) is 10.6 Å². The Bertz CT molecular complexity index is 743. The quantitative estimate of drug-likeness (QED) is 0.904. The number of carbonyl (C=O) groups is 2. The maximum absolute atomic E-state index is 13.1. The summed E-state index contributed by atoms with van der Waals surface area (Å²) in [5, 5.41) is 2.61. The molecule has 3 amide bonds. The first kappa shape index (κ1) is 16.3. The molecule has 0 unspecified atom stereocenters. The molecule has 1 saturated heterocycles. The second kappa shape index (κ2) is 6.92. The van der Waals surface area contributed by atoms with Gasteiger partial charge in [0.15, 0.2) is 5.76 Å². The minimum absolute atomic E-state index is 0.0540. The van der Waals surface area contributed by atoms with Crippen LogP contribution >= 0.6 is 11.6 Å². The van der Waals surface area contributed by atoms with E-state index >= 15 is 0 Å². The average molecular weight is 352 g/mol. The van der Waals surface area contributed by atoms with Gasteiger partial charge < -0.3 is 19.5 Å². The van der Waals surface area contributed by atoms with Crippen molar-refractivity contribution >= 4 is 29.2 Å². The van der Waals surface area contributed by atoms with Crippen LogP contribution in [0.5, 0.6) is 0 Å². The molecule has 0 spiro atoms. The highest BCUT2D eigenvalue weighted by atomic mass is 35.5. The predicted octanol–water partition coefficient (Wildman–Crippen LogP) is 3.06. The summed E-state index contributed by atoms with van der Waals surface area (Å²) in [4.78, 5) is 27.6. The summed E-state index contributed by atoms with van der Waals surface area (Å²) >= 11 is 5.69. The monoisotopic (exact) mass is 351 g/mol. The lowest BCUT2D eigenvalue weighted by Crippen LogP contribution is -2.51. The number of hydrogen-bond donors (Lipinski definition) is 1. The minimum atomic E-state index is -0.542. The number of urea groups is 1. The SMILES string of the molecule is O=C(Nc1ccc(F)c(Cl)c1)N1CCN(C(=O)c2ccco2)CC1. The number of carbonyl (C=O) groups excluding carboxylic acids is 2. The standard InChI is InChI=1S/C16H15ClFN3O3/c17-12-10-11(3-4-13(12)18)19-16(23)21-7-5-20(6-8-21)15(22)14-2-1-9-24-14/h1-4,9-10H,5-8H2,(H,19,23). The van der Waals surface area contributed by atoms with Crippen LogP contribution in [0, 0.1) is 5.82 Å². The fraction of sp³-hybridized carbons (Fsp3) is 0.250. The molecule has 1 aromatic heterocycles. The van der Waals surface area contributed by atoms with Crippen molar-refractivity contribution in [1.29, 1.82) is 0 Å². The maximum atomic E-state index is 13.1. The Morgan fingerprint density at radius 1 is 1.12 bits per heavy atom. The number of nitrogens with zero attached hydrogens (tertiary/aromatic N) is 2. The largest absolute Gasteiger partial charge is 0.459 e. The van der Waals surface area contributed by atoms with Gasteiger partial charge in [-0.15, -0.1) is 0 Å². The molecule has 3 rings (SSSR count). The van der Waals surface area contributed by atoms with Crippen molar-refractivity contribution in [3.8, 4) is 0 Å². The zero-order valence-electron chi connectivity index (χ0n) is 12.7. The highest BCUT2D eigenvalue weighted by molar-refractivity contribution is 6.31. The molecule has 0 saturated carbocycles. The van der Waals surface area contributed by atoms with Crippen LogP contribution in [0.2, 0.25) is 5.02 Å². The summed E-state index contributed by atoms with van der Waals surface area (Å²) in [7, 11) is 0. The molecule has 1 aliphatic heterocycles. The van der Waals surface area contributed by atoms with Crippen molar-refractivity contribution in [2.75, 3.05) is 31.5 Å². The van der Waals surface area contributed by atoms with E-state index in [0.29, 0.717) is 31.9 Å². The third-order valence-corrected chi connectivity index (χ3v) is 4.05. The Morgan fingerprint density at radius 3 is 2.46 bits per heavy atom. The number of anilines is 1. The summed E-state index contributed by atoms with van der Waals surface area (Å²) < 4.78 is 18.2. The van der Waals surface area contributed by atoms with Crippen LogP contribution in [0.25, 0.3) is 0 Å². The van der Waals surface area contributed by atoms with Crippen molar-refractivity contribution in [3.05, 3.63) is 53.2 Å². The molecule has 2 heterocycles. The summed E-state index contributed by atoms with van der Waals surface area (Å²) in [6.45, 7) is 1.62. The summed E-state index contributed by atoms with van der Waals surface area (Å²) in [6.07, 6.45) is 1.45. The predicted molar refractivity (Wildman–Crippen MR) is 86.6 cm³/mol. The third kappa shape index (κ3) is 3.51. The molecular weight excluding hydrogens is 337 g/mol. The molecule has 2 aromatic rings. The molecule has 0 aliphatic carbocycles. The van der Waals surface area contributed by atoms with Gasteiger partial charge in [0, 0.05) is 31.9 Å². The number of amides is 3. The van der Waals surface area contributed by atoms with Crippen LogP contribution in [-0.2, 0) is 0 Å². The van der Waals surface area contributed by atoms with E-state index in [4.69, 9.17) is 16.0 Å². The van der Waals surface area contributed by atoms with E-state index in [1.807, 2.05) is 0 Å². The van der Waals surface area contributed by atoms with Crippen molar-refractivity contribution in [1.82, 2.24) is 9.80 Å². The first-order valence-corrected chi connectivity index (χ1v) is 7.76. The van der Waals surface area contributed by atoms with Gasteiger partial charge in [0.2, 0.25) is 0 Å². The second-order valence-electron chi connectivity index (χ2n) is 5.32. The lowest BCUT2D eigenvalue weighted by atomic mass is 10.3. The Hall–Kier alpha value is -2.54. The number of rotatable bonds is 2. The van der Waals surface area contributed by atoms with Crippen LogP contribution in [0.3, 0.4) is 0 Å². The molecule has 0 bridgehead atoms. The molecule has 6 nitrogen and oxygen atoms in total. The van der Waals surface area contributed by atoms with E-state index in [-0.39, 0.29) is 22.7 Å². The first-order valence-electron chi connectivity index (χ1n) is 7.38. The van der Waals surface area contributed by atoms with E-state index in [0.717, 1.165) is 0 Å². The van der Waals surface area contributed by atoms with Crippen molar-refractivity contribution in [2.45, 2.75) is 0 Å². The van der Waals surface area contributed by atoms with E-state index in [2.05, 4.69) is 5.32 Å². The van der Waals surface area contributed by atoms with Crippen LogP contribution in [0.15, 0.2) is 41.0 Å². The molecule has 126 valence electrons. The van der Waals surface area contributed by atoms with E-state index in [9.17, 15) is 14.0 Å². The van der Waals surface area contributed by atoms with Crippen LogP contribution < -0.4 is 5.32 Å². The zero-order chi connectivity index (χ0) is 17.1. The van der Waals surface area contributed by atoms with Crippen LogP contribution in [0.4, 0.5) is 14.9 Å². The molecule has 1 aromatic carbocycles. The molecule has 1 fully saturated rings. The lowest BCUT2D eigenvalue weighted by molar-refractivity contribution is 0.0640. The van der Waals surface area contributed by atoms with Crippen LogP contribution in [-0.4, -0.2) is 47.9 Å². The third-order valence-electron chi connectivity index (χ3n) is 3.76. The maximum Gasteiger partial charge on any atom is 0.321 e. The first-order chi connectivity index (χ1) is 11.5. The highest BCUT2D eigenvalue weighted by Crippen LogP contribution is 2.20. The molecular formula is C16H15ClFN3O3. The Morgan fingerprint density at radius 2 is 1.83 bits per heavy atom. The zero-order valence-corrected chi connectivity index (χ0v) is 13.4. The van der Waals surface area contributed by atoms with Gasteiger partial charge in [-0.1, -0.05) is 11.6 Å². The van der Waals surface area contributed by atoms with Crippen molar-refractivity contribution in [2.24, 2.45) is 0 Å². The molecule has 0 atom stereocenters. The Labute approximate surface area is 142 Å².